The van der Waals surface area contributed by atoms with E-state index in [1.165, 1.54) is 5.56 Å². The molecule has 1 heterocycles. The number of aryl methyl sites for hydroxylation is 1. The Hall–Kier alpha value is -1.75. The molecule has 0 saturated carbocycles. The fraction of sp³-hybridized carbons (Fsp3) is 0.632. The summed E-state index contributed by atoms with van der Waals surface area (Å²) < 4.78 is 11.6. The Morgan fingerprint density at radius 1 is 1.29 bits per heavy atom. The monoisotopic (exact) mass is 334 g/mol. The number of hydrogen-bond donors (Lipinski definition) is 1. The normalized spacial score (nSPS) is 23.3. The lowest BCUT2D eigenvalue weighted by molar-refractivity contribution is -0.0757. The molecule has 2 rings (SSSR count). The second-order valence-corrected chi connectivity index (χ2v) is 7.97. The molecule has 0 aromatic heterocycles. The summed E-state index contributed by atoms with van der Waals surface area (Å²) in [5, 5.41) is 0. The maximum Gasteiger partial charge on any atom is 0.412 e. The van der Waals surface area contributed by atoms with E-state index in [0.29, 0.717) is 0 Å². The molecule has 134 valence electrons. The molecule has 24 heavy (non-hydrogen) atoms. The Kier molecular flexibility index (Phi) is 5.14. The number of anilines is 1. The van der Waals surface area contributed by atoms with Crippen molar-refractivity contribution in [3.05, 3.63) is 29.8 Å². The lowest BCUT2D eigenvalue weighted by atomic mass is 10.0. The van der Waals surface area contributed by atoms with E-state index in [9.17, 15) is 4.79 Å². The van der Waals surface area contributed by atoms with Gasteiger partial charge in [0.2, 0.25) is 0 Å². The Morgan fingerprint density at radius 3 is 2.42 bits per heavy atom. The summed E-state index contributed by atoms with van der Waals surface area (Å²) in [5.41, 5.74) is 6.49. The predicted octanol–water partition coefficient (Wildman–Crippen LogP) is 3.96. The number of carbonyl (C=O) groups excluding carboxylic acids is 1. The van der Waals surface area contributed by atoms with Crippen molar-refractivity contribution in [2.75, 3.05) is 5.73 Å². The molecule has 0 aliphatic carbocycles. The smallest absolute Gasteiger partial charge is 0.412 e. The van der Waals surface area contributed by atoms with Gasteiger partial charge in [-0.15, -0.1) is 0 Å². The van der Waals surface area contributed by atoms with Gasteiger partial charge in [-0.2, -0.15) is 0 Å². The van der Waals surface area contributed by atoms with Crippen molar-refractivity contribution in [3.63, 3.8) is 0 Å². The largest absolute Gasteiger partial charge is 0.444 e. The third-order valence-electron chi connectivity index (χ3n) is 4.23. The first-order valence-electron chi connectivity index (χ1n) is 8.54. The third-order valence-corrected chi connectivity index (χ3v) is 4.23. The van der Waals surface area contributed by atoms with Crippen molar-refractivity contribution in [2.24, 2.45) is 0 Å². The summed E-state index contributed by atoms with van der Waals surface area (Å²) in [6, 6.07) is 7.84. The van der Waals surface area contributed by atoms with E-state index < -0.39 is 11.3 Å². The van der Waals surface area contributed by atoms with Crippen LogP contribution < -0.4 is 5.73 Å². The van der Waals surface area contributed by atoms with E-state index in [-0.39, 0.29) is 18.2 Å². The van der Waals surface area contributed by atoms with Crippen LogP contribution in [0.1, 0.15) is 53.5 Å². The SMILES string of the molecule is C[C@@H]1OC(C)(C)N(C(=O)OC(C)(C)C)[C@H]1CCc1ccc(N)cc1. The van der Waals surface area contributed by atoms with Gasteiger partial charge in [0.1, 0.15) is 11.3 Å². The molecule has 1 aliphatic heterocycles. The van der Waals surface area contributed by atoms with E-state index in [0.717, 1.165) is 18.5 Å². The molecule has 0 spiro atoms. The minimum Gasteiger partial charge on any atom is -0.444 e. The highest BCUT2D eigenvalue weighted by atomic mass is 16.6. The lowest BCUT2D eigenvalue weighted by Crippen LogP contribution is -2.50. The van der Waals surface area contributed by atoms with Gasteiger partial charge in [0.15, 0.2) is 0 Å². The maximum atomic E-state index is 12.7. The first-order chi connectivity index (χ1) is 11.0. The van der Waals surface area contributed by atoms with Crippen molar-refractivity contribution in [1.29, 1.82) is 0 Å². The van der Waals surface area contributed by atoms with E-state index >= 15 is 0 Å². The fourth-order valence-corrected chi connectivity index (χ4v) is 3.23. The van der Waals surface area contributed by atoms with Crippen molar-refractivity contribution in [3.8, 4) is 0 Å². The van der Waals surface area contributed by atoms with Crippen LogP contribution in [0.4, 0.5) is 10.5 Å². The number of carbonyl (C=O) groups is 1. The molecule has 2 atom stereocenters. The van der Waals surface area contributed by atoms with Crippen LogP contribution in [-0.4, -0.2) is 34.5 Å². The Morgan fingerprint density at radius 2 is 1.88 bits per heavy atom. The molecule has 1 aliphatic rings. The summed E-state index contributed by atoms with van der Waals surface area (Å²) in [6.45, 7) is 11.5. The Labute approximate surface area is 145 Å². The predicted molar refractivity (Wildman–Crippen MR) is 95.7 cm³/mol. The molecule has 5 heteroatoms. The Bertz CT molecular complexity index is 575. The fourth-order valence-electron chi connectivity index (χ4n) is 3.23. The number of ether oxygens (including phenoxy) is 2. The number of nitrogens with zero attached hydrogens (tertiary/aromatic N) is 1. The number of benzene rings is 1. The van der Waals surface area contributed by atoms with E-state index in [1.807, 2.05) is 65.8 Å². The number of nitrogens with two attached hydrogens (primary N) is 1. The summed E-state index contributed by atoms with van der Waals surface area (Å²) >= 11 is 0. The first-order valence-corrected chi connectivity index (χ1v) is 8.54. The van der Waals surface area contributed by atoms with Gasteiger partial charge in [-0.05, 0) is 72.1 Å². The van der Waals surface area contributed by atoms with Crippen LogP contribution in [0.25, 0.3) is 0 Å². The lowest BCUT2D eigenvalue weighted by Gasteiger charge is -2.35. The van der Waals surface area contributed by atoms with Crippen molar-refractivity contribution >= 4 is 11.8 Å². The highest BCUT2D eigenvalue weighted by molar-refractivity contribution is 5.70. The van der Waals surface area contributed by atoms with Crippen LogP contribution in [-0.2, 0) is 15.9 Å². The molecule has 1 amide bonds. The average Bonchev–Trinajstić information content (AvgIpc) is 2.65. The van der Waals surface area contributed by atoms with E-state index in [4.69, 9.17) is 15.2 Å². The van der Waals surface area contributed by atoms with Crippen LogP contribution in [0, 0.1) is 0 Å². The topological polar surface area (TPSA) is 64.8 Å². The second kappa shape index (κ2) is 6.63. The molecular weight excluding hydrogens is 304 g/mol. The zero-order valence-electron chi connectivity index (χ0n) is 15.6. The standard InChI is InChI=1S/C19H30N2O3/c1-13-16(12-9-14-7-10-15(20)11-8-14)21(19(5,6)23-13)17(22)24-18(2,3)4/h7-8,10-11,13,16H,9,12,20H2,1-6H3/t13-,16-/m0/s1. The number of nitrogen functional groups attached to an aromatic ring is 1. The van der Waals surface area contributed by atoms with Gasteiger partial charge in [-0.1, -0.05) is 12.1 Å². The number of rotatable bonds is 3. The molecule has 1 aromatic carbocycles. The summed E-state index contributed by atoms with van der Waals surface area (Å²) in [7, 11) is 0. The van der Waals surface area contributed by atoms with Crippen LogP contribution in [0.3, 0.4) is 0 Å². The molecule has 0 radical (unpaired) electrons. The minimum absolute atomic E-state index is 0.0209. The molecule has 5 nitrogen and oxygen atoms in total. The van der Waals surface area contributed by atoms with Crippen molar-refractivity contribution in [2.45, 2.75) is 77.9 Å². The zero-order chi connectivity index (χ0) is 18.1. The van der Waals surface area contributed by atoms with Crippen LogP contribution in [0.15, 0.2) is 24.3 Å². The molecular formula is C19H30N2O3. The molecule has 1 fully saturated rings. The number of amides is 1. The van der Waals surface area contributed by atoms with Crippen molar-refractivity contribution in [1.82, 2.24) is 4.90 Å². The summed E-state index contributed by atoms with van der Waals surface area (Å²) in [4.78, 5) is 14.4. The molecule has 1 aromatic rings. The highest BCUT2D eigenvalue weighted by Crippen LogP contribution is 2.35. The van der Waals surface area contributed by atoms with Gasteiger partial charge in [-0.3, -0.25) is 4.90 Å². The highest BCUT2D eigenvalue weighted by Gasteiger charge is 2.49. The second-order valence-electron chi connectivity index (χ2n) is 7.97. The maximum absolute atomic E-state index is 12.7. The number of hydrogen-bond acceptors (Lipinski definition) is 4. The summed E-state index contributed by atoms with van der Waals surface area (Å²) in [6.07, 6.45) is 1.31. The zero-order valence-corrected chi connectivity index (χ0v) is 15.6. The molecule has 0 unspecified atom stereocenters. The van der Waals surface area contributed by atoms with Crippen molar-refractivity contribution < 1.29 is 14.3 Å². The Balaban J connectivity index is 2.12. The van der Waals surface area contributed by atoms with Gasteiger partial charge in [0.05, 0.1) is 12.1 Å². The average molecular weight is 334 g/mol. The first kappa shape index (κ1) is 18.6. The van der Waals surface area contributed by atoms with Gasteiger partial charge >= 0.3 is 6.09 Å². The van der Waals surface area contributed by atoms with Crippen LogP contribution in [0.2, 0.25) is 0 Å². The van der Waals surface area contributed by atoms with Gasteiger partial charge < -0.3 is 15.2 Å². The van der Waals surface area contributed by atoms with Crippen LogP contribution >= 0.6 is 0 Å². The molecule has 2 N–H and O–H groups in total. The van der Waals surface area contributed by atoms with Gasteiger partial charge in [0.25, 0.3) is 0 Å². The van der Waals surface area contributed by atoms with E-state index in [1.54, 1.807) is 4.90 Å². The minimum atomic E-state index is -0.673. The van der Waals surface area contributed by atoms with Gasteiger partial charge in [-0.25, -0.2) is 4.79 Å². The summed E-state index contributed by atoms with van der Waals surface area (Å²) in [5.74, 6) is 0. The van der Waals surface area contributed by atoms with Gasteiger partial charge in [0, 0.05) is 5.69 Å². The molecule has 0 bridgehead atoms. The van der Waals surface area contributed by atoms with Crippen LogP contribution in [0.5, 0.6) is 0 Å². The molecule has 1 saturated heterocycles. The van der Waals surface area contributed by atoms with E-state index in [2.05, 4.69) is 0 Å². The quantitative estimate of drug-likeness (QED) is 0.850. The third kappa shape index (κ3) is 4.41.